The van der Waals surface area contributed by atoms with Crippen molar-refractivity contribution < 1.29 is 9.90 Å². The molecule has 3 heterocycles. The second-order valence-corrected chi connectivity index (χ2v) is 3.90. The Morgan fingerprint density at radius 1 is 1.05 bits per heavy atom. The van der Waals surface area contributed by atoms with E-state index < -0.39 is 5.97 Å². The molecule has 0 bridgehead atoms. The van der Waals surface area contributed by atoms with E-state index in [2.05, 4.69) is 20.1 Å². The van der Waals surface area contributed by atoms with Crippen LogP contribution in [-0.4, -0.2) is 35.8 Å². The Bertz CT molecular complexity index is 740. The summed E-state index contributed by atoms with van der Waals surface area (Å²) in [5, 5.41) is 13.5. The van der Waals surface area contributed by atoms with Crippen molar-refractivity contribution in [3.05, 3.63) is 54.6 Å². The minimum Gasteiger partial charge on any atom is -0.478 e. The first kappa shape index (κ1) is 12.0. The minimum atomic E-state index is -1.08. The maximum Gasteiger partial charge on any atom is 0.339 e. The molecule has 0 unspecified atom stereocenters. The molecule has 3 aromatic heterocycles. The lowest BCUT2D eigenvalue weighted by molar-refractivity contribution is 0.0697. The van der Waals surface area contributed by atoms with Gasteiger partial charge >= 0.3 is 5.97 Å². The Balaban J connectivity index is 2.15. The third-order valence-corrected chi connectivity index (χ3v) is 2.61. The van der Waals surface area contributed by atoms with Crippen LogP contribution in [0.5, 0.6) is 0 Å². The van der Waals surface area contributed by atoms with Gasteiger partial charge in [0.05, 0.1) is 5.69 Å². The second kappa shape index (κ2) is 4.88. The van der Waals surface area contributed by atoms with Gasteiger partial charge in [0.15, 0.2) is 0 Å². The van der Waals surface area contributed by atoms with Gasteiger partial charge in [-0.25, -0.2) is 19.4 Å². The highest BCUT2D eigenvalue weighted by atomic mass is 16.4. The van der Waals surface area contributed by atoms with Gasteiger partial charge in [0, 0.05) is 24.8 Å². The van der Waals surface area contributed by atoms with Gasteiger partial charge in [-0.15, -0.1) is 0 Å². The number of pyridine rings is 1. The SMILES string of the molecule is O=C(O)c1cn(-c2ncccn2)nc1-c1ccccn1. The van der Waals surface area contributed by atoms with Crippen molar-refractivity contribution in [2.45, 2.75) is 0 Å². The molecular formula is C13H9N5O2. The molecule has 0 atom stereocenters. The molecule has 0 fully saturated rings. The van der Waals surface area contributed by atoms with Gasteiger partial charge in [-0.2, -0.15) is 5.10 Å². The summed E-state index contributed by atoms with van der Waals surface area (Å²) in [5.41, 5.74) is 0.821. The number of carbonyl (C=O) groups is 1. The van der Waals surface area contributed by atoms with Crippen molar-refractivity contribution in [3.8, 4) is 17.3 Å². The molecule has 20 heavy (non-hydrogen) atoms. The van der Waals surface area contributed by atoms with Gasteiger partial charge in [0.2, 0.25) is 5.95 Å². The molecule has 0 saturated carbocycles. The standard InChI is InChI=1S/C13H9N5O2/c19-12(20)9-8-18(13-15-6-3-7-16-13)17-11(9)10-4-1-2-5-14-10/h1-8H,(H,19,20). The Labute approximate surface area is 113 Å². The molecule has 98 valence electrons. The molecule has 7 nitrogen and oxygen atoms in total. The average molecular weight is 267 g/mol. The Kier molecular flexibility index (Phi) is 2.92. The van der Waals surface area contributed by atoms with Crippen LogP contribution in [0.1, 0.15) is 10.4 Å². The number of rotatable bonds is 3. The fourth-order valence-electron chi connectivity index (χ4n) is 1.73. The van der Waals surface area contributed by atoms with E-state index in [1.54, 1.807) is 42.9 Å². The van der Waals surface area contributed by atoms with E-state index in [0.29, 0.717) is 11.6 Å². The molecular weight excluding hydrogens is 258 g/mol. The first-order valence-corrected chi connectivity index (χ1v) is 5.77. The van der Waals surface area contributed by atoms with E-state index in [9.17, 15) is 9.90 Å². The van der Waals surface area contributed by atoms with E-state index in [1.807, 2.05) is 0 Å². The Morgan fingerprint density at radius 2 is 1.80 bits per heavy atom. The first-order chi connectivity index (χ1) is 9.75. The third-order valence-electron chi connectivity index (χ3n) is 2.61. The number of hydrogen-bond acceptors (Lipinski definition) is 5. The van der Waals surface area contributed by atoms with Crippen LogP contribution in [-0.2, 0) is 0 Å². The zero-order valence-corrected chi connectivity index (χ0v) is 10.2. The second-order valence-electron chi connectivity index (χ2n) is 3.90. The molecule has 0 saturated heterocycles. The topological polar surface area (TPSA) is 93.8 Å². The van der Waals surface area contributed by atoms with Gasteiger partial charge in [0.1, 0.15) is 11.3 Å². The number of aromatic carboxylic acids is 1. The van der Waals surface area contributed by atoms with E-state index >= 15 is 0 Å². The Morgan fingerprint density at radius 3 is 2.45 bits per heavy atom. The van der Waals surface area contributed by atoms with E-state index in [4.69, 9.17) is 0 Å². The maximum absolute atomic E-state index is 11.3. The lowest BCUT2D eigenvalue weighted by atomic mass is 10.2. The van der Waals surface area contributed by atoms with Crippen molar-refractivity contribution >= 4 is 5.97 Å². The normalized spacial score (nSPS) is 10.4. The fourth-order valence-corrected chi connectivity index (χ4v) is 1.73. The molecule has 0 aliphatic heterocycles. The van der Waals surface area contributed by atoms with Crippen molar-refractivity contribution in [1.82, 2.24) is 24.7 Å². The molecule has 0 spiro atoms. The van der Waals surface area contributed by atoms with E-state index in [-0.39, 0.29) is 11.3 Å². The number of carboxylic acid groups (broad SMARTS) is 1. The molecule has 0 amide bonds. The van der Waals surface area contributed by atoms with Crippen LogP contribution in [0.4, 0.5) is 0 Å². The zero-order valence-electron chi connectivity index (χ0n) is 10.2. The van der Waals surface area contributed by atoms with Crippen LogP contribution in [0.2, 0.25) is 0 Å². The van der Waals surface area contributed by atoms with Crippen LogP contribution >= 0.6 is 0 Å². The minimum absolute atomic E-state index is 0.0520. The molecule has 0 radical (unpaired) electrons. The van der Waals surface area contributed by atoms with Gasteiger partial charge in [0.25, 0.3) is 0 Å². The largest absolute Gasteiger partial charge is 0.478 e. The van der Waals surface area contributed by atoms with Crippen molar-refractivity contribution in [1.29, 1.82) is 0 Å². The lowest BCUT2D eigenvalue weighted by Crippen LogP contribution is -2.00. The van der Waals surface area contributed by atoms with E-state index in [1.165, 1.54) is 10.9 Å². The van der Waals surface area contributed by atoms with Gasteiger partial charge in [-0.1, -0.05) is 6.07 Å². The van der Waals surface area contributed by atoms with Gasteiger partial charge < -0.3 is 5.11 Å². The smallest absolute Gasteiger partial charge is 0.339 e. The summed E-state index contributed by atoms with van der Waals surface area (Å²) in [4.78, 5) is 23.5. The number of nitrogens with zero attached hydrogens (tertiary/aromatic N) is 5. The molecule has 0 aromatic carbocycles. The molecule has 0 aliphatic carbocycles. The molecule has 0 aliphatic rings. The quantitative estimate of drug-likeness (QED) is 0.771. The summed E-state index contributed by atoms with van der Waals surface area (Å²) in [6, 6.07) is 6.89. The van der Waals surface area contributed by atoms with Crippen LogP contribution in [0.25, 0.3) is 17.3 Å². The molecule has 3 rings (SSSR count). The third kappa shape index (κ3) is 2.12. The summed E-state index contributed by atoms with van der Waals surface area (Å²) < 4.78 is 1.33. The highest BCUT2D eigenvalue weighted by Gasteiger charge is 2.19. The monoisotopic (exact) mass is 267 g/mol. The first-order valence-electron chi connectivity index (χ1n) is 5.77. The zero-order chi connectivity index (χ0) is 13.9. The predicted molar refractivity (Wildman–Crippen MR) is 69.3 cm³/mol. The van der Waals surface area contributed by atoms with Crippen LogP contribution < -0.4 is 0 Å². The summed E-state index contributed by atoms with van der Waals surface area (Å²) in [6.45, 7) is 0. The van der Waals surface area contributed by atoms with Crippen LogP contribution in [0.15, 0.2) is 49.1 Å². The van der Waals surface area contributed by atoms with Crippen molar-refractivity contribution in [2.24, 2.45) is 0 Å². The van der Waals surface area contributed by atoms with Gasteiger partial charge in [-0.05, 0) is 18.2 Å². The van der Waals surface area contributed by atoms with Crippen LogP contribution in [0, 0.1) is 0 Å². The highest BCUT2D eigenvalue weighted by Crippen LogP contribution is 2.20. The van der Waals surface area contributed by atoms with E-state index in [0.717, 1.165) is 0 Å². The predicted octanol–water partition coefficient (Wildman–Crippen LogP) is 1.42. The highest BCUT2D eigenvalue weighted by molar-refractivity contribution is 5.94. The fraction of sp³-hybridized carbons (Fsp3) is 0. The van der Waals surface area contributed by atoms with Crippen molar-refractivity contribution in [2.75, 3.05) is 0 Å². The summed E-state index contributed by atoms with van der Waals surface area (Å²) in [5.74, 6) is -0.773. The average Bonchev–Trinajstić information content (AvgIpc) is 2.94. The lowest BCUT2D eigenvalue weighted by Gasteiger charge is -1.97. The summed E-state index contributed by atoms with van der Waals surface area (Å²) >= 11 is 0. The molecule has 3 aromatic rings. The van der Waals surface area contributed by atoms with Crippen LogP contribution in [0.3, 0.4) is 0 Å². The maximum atomic E-state index is 11.3. The summed E-state index contributed by atoms with van der Waals surface area (Å²) in [6.07, 6.45) is 6.08. The number of aromatic nitrogens is 5. The Hall–Kier alpha value is -3.09. The summed E-state index contributed by atoms with van der Waals surface area (Å²) in [7, 11) is 0. The molecule has 1 N–H and O–H groups in total. The number of carboxylic acids is 1. The molecule has 7 heteroatoms. The number of hydrogen-bond donors (Lipinski definition) is 1. The van der Waals surface area contributed by atoms with Crippen molar-refractivity contribution in [3.63, 3.8) is 0 Å². The van der Waals surface area contributed by atoms with Gasteiger partial charge in [-0.3, -0.25) is 4.98 Å².